The first kappa shape index (κ1) is 15.6. The molecular formula is C17H22N4O2. The second kappa shape index (κ2) is 7.35. The van der Waals surface area contributed by atoms with Crippen LogP contribution < -0.4 is 0 Å². The summed E-state index contributed by atoms with van der Waals surface area (Å²) in [7, 11) is 0. The van der Waals surface area contributed by atoms with Gasteiger partial charge in [0.15, 0.2) is 5.82 Å². The summed E-state index contributed by atoms with van der Waals surface area (Å²) in [5, 5.41) is 24.0. The molecule has 2 N–H and O–H groups in total. The van der Waals surface area contributed by atoms with Crippen molar-refractivity contribution in [3.63, 3.8) is 0 Å². The summed E-state index contributed by atoms with van der Waals surface area (Å²) < 4.78 is 0. The summed E-state index contributed by atoms with van der Waals surface area (Å²) >= 11 is 0. The number of rotatable bonds is 6. The van der Waals surface area contributed by atoms with Crippen molar-refractivity contribution in [1.29, 1.82) is 0 Å². The van der Waals surface area contributed by atoms with Gasteiger partial charge in [-0.2, -0.15) is 0 Å². The van der Waals surface area contributed by atoms with Gasteiger partial charge in [-0.25, -0.2) is 5.10 Å². The fraction of sp³-hybridized carbons (Fsp3) is 0.529. The highest BCUT2D eigenvalue weighted by atomic mass is 16.4. The van der Waals surface area contributed by atoms with Gasteiger partial charge in [0, 0.05) is 5.92 Å². The average molecular weight is 314 g/mol. The Labute approximate surface area is 135 Å². The lowest BCUT2D eigenvalue weighted by Crippen LogP contribution is -2.33. The van der Waals surface area contributed by atoms with E-state index in [0.29, 0.717) is 12.2 Å². The maximum Gasteiger partial charge on any atom is 0.307 e. The Balaban J connectivity index is 1.90. The molecule has 1 aromatic carbocycles. The molecule has 0 radical (unpaired) electrons. The molecule has 0 aliphatic heterocycles. The van der Waals surface area contributed by atoms with Crippen LogP contribution in [0.2, 0.25) is 0 Å². The Morgan fingerprint density at radius 3 is 2.57 bits per heavy atom. The van der Waals surface area contributed by atoms with Crippen molar-refractivity contribution in [1.82, 2.24) is 20.6 Å². The van der Waals surface area contributed by atoms with Crippen LogP contribution in [0, 0.1) is 11.8 Å². The lowest BCUT2D eigenvalue weighted by molar-refractivity contribution is -0.145. The number of hydrogen-bond donors (Lipinski definition) is 2. The quantitative estimate of drug-likeness (QED) is 0.855. The van der Waals surface area contributed by atoms with Gasteiger partial charge in [-0.15, -0.1) is 5.10 Å². The van der Waals surface area contributed by atoms with E-state index in [0.717, 1.165) is 31.2 Å². The number of carboxylic acids is 1. The van der Waals surface area contributed by atoms with Crippen LogP contribution in [0.3, 0.4) is 0 Å². The fourth-order valence-corrected chi connectivity index (χ4v) is 3.78. The number of carboxylic acid groups (broad SMARTS) is 1. The predicted octanol–water partition coefficient (Wildman–Crippen LogP) is 2.81. The highest BCUT2D eigenvalue weighted by molar-refractivity contribution is 5.71. The van der Waals surface area contributed by atoms with E-state index in [4.69, 9.17) is 0 Å². The molecule has 122 valence electrons. The number of H-pyrrole nitrogens is 1. The van der Waals surface area contributed by atoms with Gasteiger partial charge in [-0.3, -0.25) is 4.79 Å². The summed E-state index contributed by atoms with van der Waals surface area (Å²) in [6.07, 6.45) is 6.01. The van der Waals surface area contributed by atoms with Crippen molar-refractivity contribution in [2.24, 2.45) is 11.8 Å². The monoisotopic (exact) mass is 314 g/mol. The topological polar surface area (TPSA) is 91.8 Å². The molecule has 1 aromatic heterocycles. The summed E-state index contributed by atoms with van der Waals surface area (Å²) in [5.74, 6) is -0.653. The predicted molar refractivity (Wildman–Crippen MR) is 84.8 cm³/mol. The molecule has 0 amide bonds. The van der Waals surface area contributed by atoms with E-state index in [1.165, 1.54) is 6.42 Å². The van der Waals surface area contributed by atoms with Crippen molar-refractivity contribution >= 4 is 5.97 Å². The number of nitrogens with zero attached hydrogens (tertiary/aromatic N) is 3. The van der Waals surface area contributed by atoms with Gasteiger partial charge in [0.25, 0.3) is 0 Å². The molecule has 6 nitrogen and oxygen atoms in total. The summed E-state index contributed by atoms with van der Waals surface area (Å²) in [6.45, 7) is 0. The van der Waals surface area contributed by atoms with Crippen molar-refractivity contribution < 1.29 is 9.90 Å². The SMILES string of the molecule is O=C(O)[C@@H](C1CCCCC1)[C@H](Cc1ccccc1)c1nnn[nH]1. The Hall–Kier alpha value is -2.24. The average Bonchev–Trinajstić information content (AvgIpc) is 3.10. The molecule has 3 rings (SSSR count). The van der Waals surface area contributed by atoms with Gasteiger partial charge < -0.3 is 5.11 Å². The number of aromatic amines is 1. The minimum atomic E-state index is -0.741. The Morgan fingerprint density at radius 1 is 1.22 bits per heavy atom. The number of hydrogen-bond acceptors (Lipinski definition) is 4. The molecule has 2 aromatic rings. The van der Waals surface area contributed by atoms with Crippen LogP contribution in [0.25, 0.3) is 0 Å². The van der Waals surface area contributed by atoms with Crippen LogP contribution in [-0.2, 0) is 11.2 Å². The number of nitrogens with one attached hydrogen (secondary N) is 1. The van der Waals surface area contributed by atoms with Gasteiger partial charge in [-0.1, -0.05) is 49.6 Å². The first-order valence-corrected chi connectivity index (χ1v) is 8.26. The number of benzene rings is 1. The van der Waals surface area contributed by atoms with Gasteiger partial charge in [-0.05, 0) is 41.2 Å². The molecule has 23 heavy (non-hydrogen) atoms. The first-order chi connectivity index (χ1) is 11.3. The number of carbonyl (C=O) groups is 1. The van der Waals surface area contributed by atoms with Gasteiger partial charge in [0.1, 0.15) is 0 Å². The molecule has 1 aliphatic carbocycles. The van der Waals surface area contributed by atoms with Crippen LogP contribution in [0.1, 0.15) is 49.4 Å². The highest BCUT2D eigenvalue weighted by Gasteiger charge is 2.38. The zero-order chi connectivity index (χ0) is 16.1. The fourth-order valence-electron chi connectivity index (χ4n) is 3.78. The first-order valence-electron chi connectivity index (χ1n) is 8.26. The zero-order valence-electron chi connectivity index (χ0n) is 13.1. The highest BCUT2D eigenvalue weighted by Crippen LogP contribution is 2.39. The lowest BCUT2D eigenvalue weighted by Gasteiger charge is -2.32. The van der Waals surface area contributed by atoms with E-state index in [-0.39, 0.29) is 11.8 Å². The third kappa shape index (κ3) is 3.75. The van der Waals surface area contributed by atoms with Crippen molar-refractivity contribution in [2.45, 2.75) is 44.4 Å². The van der Waals surface area contributed by atoms with E-state index in [2.05, 4.69) is 20.6 Å². The third-order valence-corrected chi connectivity index (χ3v) is 4.89. The second-order valence-electron chi connectivity index (χ2n) is 6.34. The Bertz CT molecular complexity index is 609. The van der Waals surface area contributed by atoms with Crippen LogP contribution in [0.4, 0.5) is 0 Å². The van der Waals surface area contributed by atoms with Gasteiger partial charge >= 0.3 is 5.97 Å². The van der Waals surface area contributed by atoms with E-state index in [1.807, 2.05) is 30.3 Å². The van der Waals surface area contributed by atoms with Crippen LogP contribution in [0.5, 0.6) is 0 Å². The molecule has 0 bridgehead atoms. The molecule has 2 atom stereocenters. The molecular weight excluding hydrogens is 292 g/mol. The molecule has 0 unspecified atom stereocenters. The summed E-state index contributed by atoms with van der Waals surface area (Å²) in [4.78, 5) is 12.0. The minimum absolute atomic E-state index is 0.195. The zero-order valence-corrected chi connectivity index (χ0v) is 13.1. The summed E-state index contributed by atoms with van der Waals surface area (Å²) in [6, 6.07) is 9.96. The van der Waals surface area contributed by atoms with Crippen molar-refractivity contribution in [2.75, 3.05) is 0 Å². The molecule has 6 heteroatoms. The largest absolute Gasteiger partial charge is 0.481 e. The normalized spacial score (nSPS) is 18.4. The molecule has 1 fully saturated rings. The number of aliphatic carboxylic acids is 1. The smallest absolute Gasteiger partial charge is 0.307 e. The standard InChI is InChI=1S/C17H22N4O2/c22-17(23)15(13-9-5-2-6-10-13)14(16-18-20-21-19-16)11-12-7-3-1-4-8-12/h1,3-4,7-8,13-15H,2,5-6,9-11H2,(H,22,23)(H,18,19,20,21)/t14-,15-/m0/s1. The summed E-state index contributed by atoms with van der Waals surface area (Å²) in [5.41, 5.74) is 1.11. The maximum atomic E-state index is 12.0. The maximum absolute atomic E-state index is 12.0. The minimum Gasteiger partial charge on any atom is -0.481 e. The van der Waals surface area contributed by atoms with Crippen LogP contribution in [0.15, 0.2) is 30.3 Å². The van der Waals surface area contributed by atoms with Crippen LogP contribution in [-0.4, -0.2) is 31.7 Å². The van der Waals surface area contributed by atoms with E-state index in [1.54, 1.807) is 0 Å². The molecule has 0 spiro atoms. The van der Waals surface area contributed by atoms with E-state index < -0.39 is 11.9 Å². The molecule has 1 heterocycles. The van der Waals surface area contributed by atoms with E-state index >= 15 is 0 Å². The van der Waals surface area contributed by atoms with Crippen molar-refractivity contribution in [3.05, 3.63) is 41.7 Å². The molecule has 0 saturated heterocycles. The second-order valence-corrected chi connectivity index (χ2v) is 6.34. The Kier molecular flexibility index (Phi) is 5.00. The third-order valence-electron chi connectivity index (χ3n) is 4.89. The lowest BCUT2D eigenvalue weighted by atomic mass is 9.72. The number of aromatic nitrogens is 4. The molecule has 1 aliphatic rings. The number of tetrazole rings is 1. The van der Waals surface area contributed by atoms with Gasteiger partial charge in [0.05, 0.1) is 5.92 Å². The van der Waals surface area contributed by atoms with Crippen molar-refractivity contribution in [3.8, 4) is 0 Å². The van der Waals surface area contributed by atoms with Crippen LogP contribution >= 0.6 is 0 Å². The van der Waals surface area contributed by atoms with Gasteiger partial charge in [0.2, 0.25) is 0 Å². The molecule has 1 saturated carbocycles. The van der Waals surface area contributed by atoms with E-state index in [9.17, 15) is 9.90 Å². The Morgan fingerprint density at radius 2 is 1.96 bits per heavy atom.